The Bertz CT molecular complexity index is 471. The van der Waals surface area contributed by atoms with Crippen LogP contribution in [-0.2, 0) is 16.0 Å². The van der Waals surface area contributed by atoms with E-state index in [0.29, 0.717) is 6.04 Å². The molecule has 1 atom stereocenters. The molecule has 1 aromatic carbocycles. The Balaban J connectivity index is 2.01. The van der Waals surface area contributed by atoms with Gasteiger partial charge in [-0.2, -0.15) is 0 Å². The molecule has 0 saturated heterocycles. The number of esters is 1. The van der Waals surface area contributed by atoms with Crippen LogP contribution in [0.15, 0.2) is 18.2 Å². The maximum atomic E-state index is 11.5. The molecule has 0 fully saturated rings. The lowest BCUT2D eigenvalue weighted by molar-refractivity contribution is -0.149. The number of ether oxygens (including phenoxy) is 2. The summed E-state index contributed by atoms with van der Waals surface area (Å²) in [5, 5.41) is 3.33. The number of hydrogen-bond acceptors (Lipinski definition) is 4. The van der Waals surface area contributed by atoms with Gasteiger partial charge in [-0.25, -0.2) is 4.79 Å². The molecule has 1 N–H and O–H groups in total. The van der Waals surface area contributed by atoms with Crippen LogP contribution in [0, 0.1) is 0 Å². The summed E-state index contributed by atoms with van der Waals surface area (Å²) < 4.78 is 10.6. The number of fused-ring (bicyclic) bond motifs is 1. The van der Waals surface area contributed by atoms with Gasteiger partial charge in [0.2, 0.25) is 0 Å². The van der Waals surface area contributed by atoms with Gasteiger partial charge in [0.15, 0.2) is 6.61 Å². The normalized spacial score (nSPS) is 17.7. The number of nitrogens with one attached hydrogen (secondary N) is 1. The number of hydrogen-bond donors (Lipinski definition) is 1. The molecule has 2 rings (SSSR count). The lowest BCUT2D eigenvalue weighted by atomic mass is 9.87. The molecular weight excluding hydrogens is 254 g/mol. The third-order valence-electron chi connectivity index (χ3n) is 3.50. The van der Waals surface area contributed by atoms with Gasteiger partial charge in [0.25, 0.3) is 0 Å². The summed E-state index contributed by atoms with van der Waals surface area (Å²) in [4.78, 5) is 11.5. The average Bonchev–Trinajstić information content (AvgIpc) is 2.43. The topological polar surface area (TPSA) is 47.6 Å². The van der Waals surface area contributed by atoms with E-state index in [1.54, 1.807) is 0 Å². The van der Waals surface area contributed by atoms with Crippen LogP contribution in [0.2, 0.25) is 0 Å². The Morgan fingerprint density at radius 2 is 2.25 bits per heavy atom. The molecule has 0 bridgehead atoms. The van der Waals surface area contributed by atoms with E-state index >= 15 is 0 Å². The van der Waals surface area contributed by atoms with Gasteiger partial charge >= 0.3 is 5.97 Å². The fourth-order valence-electron chi connectivity index (χ4n) is 2.61. The molecule has 20 heavy (non-hydrogen) atoms. The molecular formula is C16H23NO3. The molecule has 1 aliphatic carbocycles. The van der Waals surface area contributed by atoms with Gasteiger partial charge in [-0.05, 0) is 63.4 Å². The van der Waals surface area contributed by atoms with Gasteiger partial charge in [0.1, 0.15) is 5.75 Å². The van der Waals surface area contributed by atoms with Crippen LogP contribution in [-0.4, -0.2) is 25.7 Å². The number of aryl methyl sites for hydroxylation is 1. The summed E-state index contributed by atoms with van der Waals surface area (Å²) in [6.07, 6.45) is 3.36. The van der Waals surface area contributed by atoms with Gasteiger partial charge in [-0.1, -0.05) is 6.07 Å². The first-order valence-electron chi connectivity index (χ1n) is 7.22. The van der Waals surface area contributed by atoms with Crippen molar-refractivity contribution in [1.29, 1.82) is 0 Å². The van der Waals surface area contributed by atoms with Crippen molar-refractivity contribution in [2.24, 2.45) is 0 Å². The minimum atomic E-state index is -0.331. The first-order chi connectivity index (χ1) is 9.60. The van der Waals surface area contributed by atoms with Crippen molar-refractivity contribution in [2.45, 2.75) is 45.3 Å². The average molecular weight is 277 g/mol. The van der Waals surface area contributed by atoms with Crippen molar-refractivity contribution < 1.29 is 14.3 Å². The van der Waals surface area contributed by atoms with E-state index in [0.717, 1.165) is 18.6 Å². The summed E-state index contributed by atoms with van der Waals surface area (Å²) in [7, 11) is 1.98. The van der Waals surface area contributed by atoms with E-state index in [2.05, 4.69) is 11.4 Å². The largest absolute Gasteiger partial charge is 0.482 e. The van der Waals surface area contributed by atoms with Crippen molar-refractivity contribution in [3.63, 3.8) is 0 Å². The highest BCUT2D eigenvalue weighted by atomic mass is 16.6. The molecule has 0 saturated carbocycles. The summed E-state index contributed by atoms with van der Waals surface area (Å²) in [5.41, 5.74) is 2.65. The summed E-state index contributed by atoms with van der Waals surface area (Å²) in [6.45, 7) is 3.61. The second kappa shape index (κ2) is 6.75. The molecule has 0 amide bonds. The number of carbonyl (C=O) groups is 1. The van der Waals surface area contributed by atoms with Gasteiger partial charge in [-0.15, -0.1) is 0 Å². The van der Waals surface area contributed by atoms with E-state index in [1.807, 2.05) is 33.0 Å². The molecule has 0 aromatic heterocycles. The second-order valence-corrected chi connectivity index (χ2v) is 5.42. The molecule has 4 heteroatoms. The van der Waals surface area contributed by atoms with Crippen LogP contribution in [0.4, 0.5) is 0 Å². The summed E-state index contributed by atoms with van der Waals surface area (Å²) >= 11 is 0. The lowest BCUT2D eigenvalue weighted by Crippen LogP contribution is -2.22. The Labute approximate surface area is 120 Å². The Morgan fingerprint density at radius 1 is 1.45 bits per heavy atom. The van der Waals surface area contributed by atoms with E-state index < -0.39 is 0 Å². The third-order valence-corrected chi connectivity index (χ3v) is 3.50. The van der Waals surface area contributed by atoms with Gasteiger partial charge in [0.05, 0.1) is 6.10 Å². The van der Waals surface area contributed by atoms with Crippen LogP contribution in [0.1, 0.15) is 43.9 Å². The summed E-state index contributed by atoms with van der Waals surface area (Å²) in [5.74, 6) is 0.398. The van der Waals surface area contributed by atoms with Gasteiger partial charge in [-0.3, -0.25) is 0 Å². The van der Waals surface area contributed by atoms with Crippen LogP contribution < -0.4 is 10.1 Å². The number of rotatable bonds is 5. The van der Waals surface area contributed by atoms with Crippen LogP contribution in [0.5, 0.6) is 5.75 Å². The monoisotopic (exact) mass is 277 g/mol. The SMILES string of the molecule is CNC1CCCc2ccc(OCC(=O)OC(C)C)cc21. The van der Waals surface area contributed by atoms with E-state index in [-0.39, 0.29) is 18.7 Å². The Kier molecular flexibility index (Phi) is 5.01. The highest BCUT2D eigenvalue weighted by Crippen LogP contribution is 2.32. The first-order valence-corrected chi connectivity index (χ1v) is 7.22. The highest BCUT2D eigenvalue weighted by molar-refractivity contribution is 5.71. The van der Waals surface area contributed by atoms with Gasteiger partial charge in [0, 0.05) is 6.04 Å². The molecule has 1 unspecified atom stereocenters. The third kappa shape index (κ3) is 3.73. The fourth-order valence-corrected chi connectivity index (χ4v) is 2.61. The predicted octanol–water partition coefficient (Wildman–Crippen LogP) is 2.61. The second-order valence-electron chi connectivity index (χ2n) is 5.42. The molecule has 0 aliphatic heterocycles. The molecule has 1 aliphatic rings. The van der Waals surface area contributed by atoms with Crippen LogP contribution in [0.3, 0.4) is 0 Å². The molecule has 110 valence electrons. The molecule has 0 radical (unpaired) electrons. The van der Waals surface area contributed by atoms with Crippen LogP contribution in [0.25, 0.3) is 0 Å². The maximum Gasteiger partial charge on any atom is 0.344 e. The van der Waals surface area contributed by atoms with Crippen LogP contribution >= 0.6 is 0 Å². The Hall–Kier alpha value is -1.55. The van der Waals surface area contributed by atoms with E-state index in [9.17, 15) is 4.79 Å². The van der Waals surface area contributed by atoms with Gasteiger partial charge < -0.3 is 14.8 Å². The zero-order valence-corrected chi connectivity index (χ0v) is 12.4. The molecule has 4 nitrogen and oxygen atoms in total. The lowest BCUT2D eigenvalue weighted by Gasteiger charge is -2.25. The minimum absolute atomic E-state index is 0.0405. The Morgan fingerprint density at radius 3 is 2.95 bits per heavy atom. The summed E-state index contributed by atoms with van der Waals surface area (Å²) in [6, 6.07) is 6.45. The zero-order valence-electron chi connectivity index (χ0n) is 12.4. The van der Waals surface area contributed by atoms with E-state index in [1.165, 1.54) is 17.5 Å². The minimum Gasteiger partial charge on any atom is -0.482 e. The highest BCUT2D eigenvalue weighted by Gasteiger charge is 2.19. The quantitative estimate of drug-likeness (QED) is 0.840. The predicted molar refractivity (Wildman–Crippen MR) is 77.9 cm³/mol. The standard InChI is InChI=1S/C16H23NO3/c1-11(2)20-16(18)10-19-13-8-7-12-5-4-6-15(17-3)14(12)9-13/h7-9,11,15,17H,4-6,10H2,1-3H3. The van der Waals surface area contributed by atoms with Crippen molar-refractivity contribution in [3.05, 3.63) is 29.3 Å². The zero-order chi connectivity index (χ0) is 14.5. The van der Waals surface area contributed by atoms with Crippen molar-refractivity contribution in [2.75, 3.05) is 13.7 Å². The fraction of sp³-hybridized carbons (Fsp3) is 0.562. The number of carbonyl (C=O) groups excluding carboxylic acids is 1. The number of benzene rings is 1. The van der Waals surface area contributed by atoms with E-state index in [4.69, 9.17) is 9.47 Å². The molecule has 0 spiro atoms. The maximum absolute atomic E-state index is 11.5. The van der Waals surface area contributed by atoms with Crippen molar-refractivity contribution in [1.82, 2.24) is 5.32 Å². The first kappa shape index (κ1) is 14.9. The molecule has 0 heterocycles. The van der Waals surface area contributed by atoms with Crippen molar-refractivity contribution in [3.8, 4) is 5.75 Å². The van der Waals surface area contributed by atoms with Crippen molar-refractivity contribution >= 4 is 5.97 Å². The smallest absolute Gasteiger partial charge is 0.344 e. The molecule has 1 aromatic rings.